The van der Waals surface area contributed by atoms with Crippen molar-refractivity contribution in [3.63, 3.8) is 0 Å². The first-order valence-corrected chi connectivity index (χ1v) is 4.55. The molecule has 0 atom stereocenters. The number of carbonyl (C=O) groups excluding carboxylic acids is 2. The predicted octanol–water partition coefficient (Wildman–Crippen LogP) is 1.74. The van der Waals surface area contributed by atoms with Gasteiger partial charge in [-0.25, -0.2) is 0 Å². The summed E-state index contributed by atoms with van der Waals surface area (Å²) in [5.74, 6) is -0.118. The zero-order valence-corrected chi connectivity index (χ0v) is 8.91. The van der Waals surface area contributed by atoms with Gasteiger partial charge < -0.3 is 4.90 Å². The second-order valence-electron chi connectivity index (χ2n) is 2.90. The van der Waals surface area contributed by atoms with Gasteiger partial charge in [-0.1, -0.05) is 12.1 Å². The summed E-state index contributed by atoms with van der Waals surface area (Å²) in [6.07, 6.45) is 0. The normalized spacial score (nSPS) is 9.64. The van der Waals surface area contributed by atoms with Crippen LogP contribution >= 0.6 is 12.6 Å². The Morgan fingerprint density at radius 1 is 1.29 bits per heavy atom. The number of carbonyl (C=O) groups is 2. The molecule has 0 bridgehead atoms. The quantitative estimate of drug-likeness (QED) is 0.753. The molecule has 1 amide bonds. The monoisotopic (exact) mass is 209 g/mol. The smallest absolute Gasteiger partial charge is 0.223 e. The fourth-order valence-electron chi connectivity index (χ4n) is 1.12. The van der Waals surface area contributed by atoms with E-state index in [1.807, 2.05) is 0 Å². The Kier molecular flexibility index (Phi) is 3.30. The van der Waals surface area contributed by atoms with E-state index >= 15 is 0 Å². The summed E-state index contributed by atoms with van der Waals surface area (Å²) >= 11 is 3.74. The molecule has 0 N–H and O–H groups in total. The van der Waals surface area contributed by atoms with E-state index < -0.39 is 0 Å². The average molecular weight is 209 g/mol. The fourth-order valence-corrected chi connectivity index (χ4v) is 1.31. The molecule has 1 rings (SSSR count). The Morgan fingerprint density at radius 3 is 2.36 bits per heavy atom. The average Bonchev–Trinajstić information content (AvgIpc) is 2.16. The van der Waals surface area contributed by atoms with Gasteiger partial charge in [-0.3, -0.25) is 9.59 Å². The van der Waals surface area contributed by atoms with Crippen molar-refractivity contribution in [3.05, 3.63) is 29.8 Å². The van der Waals surface area contributed by atoms with Crippen LogP contribution in [0.25, 0.3) is 0 Å². The van der Waals surface area contributed by atoms with E-state index in [4.69, 9.17) is 0 Å². The lowest BCUT2D eigenvalue weighted by Crippen LogP contribution is -2.24. The van der Waals surface area contributed by atoms with Crippen molar-refractivity contribution in [1.29, 1.82) is 0 Å². The Hall–Kier alpha value is -1.29. The first-order chi connectivity index (χ1) is 6.54. The summed E-state index contributed by atoms with van der Waals surface area (Å²) < 4.78 is 0. The summed E-state index contributed by atoms with van der Waals surface area (Å²) in [6, 6.07) is 6.87. The number of nitrogens with zero attached hydrogens (tertiary/aromatic N) is 1. The van der Waals surface area contributed by atoms with Gasteiger partial charge in [-0.05, 0) is 12.1 Å². The molecule has 0 unspecified atom stereocenters. The van der Waals surface area contributed by atoms with Crippen molar-refractivity contribution < 1.29 is 9.59 Å². The number of amides is 1. The number of rotatable bonds is 2. The minimum absolute atomic E-state index is 0.118. The van der Waals surface area contributed by atoms with Gasteiger partial charge in [0.15, 0.2) is 0 Å². The number of para-hydroxylation sites is 1. The van der Waals surface area contributed by atoms with Crippen LogP contribution < -0.4 is 4.90 Å². The number of anilines is 1. The third kappa shape index (κ3) is 2.14. The van der Waals surface area contributed by atoms with Crippen LogP contribution in [0.5, 0.6) is 0 Å². The van der Waals surface area contributed by atoms with Crippen molar-refractivity contribution in [2.75, 3.05) is 11.9 Å². The SMILES string of the molecule is CC(=O)N(C)c1ccccc1C(=O)S. The molecule has 0 saturated heterocycles. The molecule has 4 heteroatoms. The highest BCUT2D eigenvalue weighted by Gasteiger charge is 2.12. The van der Waals surface area contributed by atoms with Crippen LogP contribution in [0, 0.1) is 0 Å². The number of hydrogen-bond donors (Lipinski definition) is 1. The standard InChI is InChI=1S/C10H11NO2S/c1-7(12)11(2)9-6-4-3-5-8(9)10(13)14/h3-6H,1-2H3,(H,13,14). The van der Waals surface area contributed by atoms with Gasteiger partial charge in [-0.2, -0.15) is 0 Å². The molecule has 0 aliphatic heterocycles. The van der Waals surface area contributed by atoms with Gasteiger partial charge in [0.05, 0.1) is 11.3 Å². The zero-order valence-electron chi connectivity index (χ0n) is 8.02. The molecule has 74 valence electrons. The Bertz CT molecular complexity index is 376. The maximum atomic E-state index is 11.1. The van der Waals surface area contributed by atoms with Gasteiger partial charge in [0.1, 0.15) is 0 Å². The van der Waals surface area contributed by atoms with Crippen LogP contribution in [-0.2, 0) is 4.79 Å². The summed E-state index contributed by atoms with van der Waals surface area (Å²) in [7, 11) is 1.62. The molecule has 0 fully saturated rings. The molecule has 0 spiro atoms. The Labute approximate surface area is 88.1 Å². The Balaban J connectivity index is 3.19. The molecule has 1 aromatic carbocycles. The van der Waals surface area contributed by atoms with Crippen LogP contribution in [0.3, 0.4) is 0 Å². The van der Waals surface area contributed by atoms with E-state index in [9.17, 15) is 9.59 Å². The molecular weight excluding hydrogens is 198 g/mol. The fraction of sp³-hybridized carbons (Fsp3) is 0.200. The van der Waals surface area contributed by atoms with Crippen molar-refractivity contribution in [2.45, 2.75) is 6.92 Å². The predicted molar refractivity (Wildman–Crippen MR) is 58.8 cm³/mol. The van der Waals surface area contributed by atoms with E-state index in [0.29, 0.717) is 11.3 Å². The van der Waals surface area contributed by atoms with Gasteiger partial charge in [0.25, 0.3) is 0 Å². The minimum atomic E-state index is -0.339. The van der Waals surface area contributed by atoms with E-state index in [-0.39, 0.29) is 11.0 Å². The summed E-state index contributed by atoms with van der Waals surface area (Å²) in [4.78, 5) is 23.6. The van der Waals surface area contributed by atoms with Crippen LogP contribution in [0.1, 0.15) is 17.3 Å². The third-order valence-corrected chi connectivity index (χ3v) is 2.21. The molecule has 1 aromatic rings. The minimum Gasteiger partial charge on any atom is -0.315 e. The van der Waals surface area contributed by atoms with E-state index in [1.54, 1.807) is 31.3 Å². The largest absolute Gasteiger partial charge is 0.315 e. The van der Waals surface area contributed by atoms with Gasteiger partial charge in [0, 0.05) is 14.0 Å². The molecule has 0 heterocycles. The molecule has 3 nitrogen and oxygen atoms in total. The van der Waals surface area contributed by atoms with E-state index in [0.717, 1.165) is 0 Å². The Morgan fingerprint density at radius 2 is 1.86 bits per heavy atom. The molecule has 14 heavy (non-hydrogen) atoms. The number of hydrogen-bond acceptors (Lipinski definition) is 2. The molecule has 0 aliphatic carbocycles. The second-order valence-corrected chi connectivity index (χ2v) is 3.31. The molecule has 0 radical (unpaired) electrons. The van der Waals surface area contributed by atoms with Crippen molar-refractivity contribution in [3.8, 4) is 0 Å². The summed E-state index contributed by atoms with van der Waals surface area (Å²) in [5.41, 5.74) is 1.02. The number of thiol groups is 1. The lowest BCUT2D eigenvalue weighted by atomic mass is 10.2. The molecular formula is C10H11NO2S. The second kappa shape index (κ2) is 4.28. The highest BCUT2D eigenvalue weighted by molar-refractivity contribution is 7.97. The topological polar surface area (TPSA) is 37.4 Å². The first kappa shape index (κ1) is 10.8. The van der Waals surface area contributed by atoms with Gasteiger partial charge >= 0.3 is 0 Å². The van der Waals surface area contributed by atoms with Crippen LogP contribution in [0.2, 0.25) is 0 Å². The number of benzene rings is 1. The van der Waals surface area contributed by atoms with E-state index in [2.05, 4.69) is 12.6 Å². The van der Waals surface area contributed by atoms with Crippen molar-refractivity contribution in [1.82, 2.24) is 0 Å². The third-order valence-electron chi connectivity index (χ3n) is 1.97. The maximum Gasteiger partial charge on any atom is 0.223 e. The van der Waals surface area contributed by atoms with Crippen LogP contribution in [0.15, 0.2) is 24.3 Å². The lowest BCUT2D eigenvalue weighted by molar-refractivity contribution is -0.116. The first-order valence-electron chi connectivity index (χ1n) is 4.10. The van der Waals surface area contributed by atoms with Gasteiger partial charge in [-0.15, -0.1) is 12.6 Å². The van der Waals surface area contributed by atoms with E-state index in [1.165, 1.54) is 11.8 Å². The van der Waals surface area contributed by atoms with Crippen LogP contribution in [-0.4, -0.2) is 18.1 Å². The van der Waals surface area contributed by atoms with Crippen LogP contribution in [0.4, 0.5) is 5.69 Å². The van der Waals surface area contributed by atoms with Gasteiger partial charge in [0.2, 0.25) is 11.0 Å². The van der Waals surface area contributed by atoms with Crippen molar-refractivity contribution in [2.24, 2.45) is 0 Å². The molecule has 0 aromatic heterocycles. The summed E-state index contributed by atoms with van der Waals surface area (Å²) in [6.45, 7) is 1.44. The lowest BCUT2D eigenvalue weighted by Gasteiger charge is -2.17. The highest BCUT2D eigenvalue weighted by atomic mass is 32.1. The maximum absolute atomic E-state index is 11.1. The molecule has 0 saturated carbocycles. The molecule has 0 aliphatic rings. The zero-order chi connectivity index (χ0) is 10.7. The summed E-state index contributed by atoms with van der Waals surface area (Å²) in [5, 5.41) is -0.339. The highest BCUT2D eigenvalue weighted by Crippen LogP contribution is 2.20. The van der Waals surface area contributed by atoms with Crippen molar-refractivity contribution >= 4 is 29.3 Å².